The highest BCUT2D eigenvalue weighted by Crippen LogP contribution is 2.42. The Balaban J connectivity index is 1.99. The third-order valence-electron chi connectivity index (χ3n) is 4.47. The molecule has 0 bridgehead atoms. The minimum atomic E-state index is -0.868. The molecule has 21 heavy (non-hydrogen) atoms. The fourth-order valence-electron chi connectivity index (χ4n) is 3.03. The molecule has 0 aliphatic heterocycles. The van der Waals surface area contributed by atoms with Gasteiger partial charge in [-0.1, -0.05) is 37.1 Å². The average molecular weight is 284 g/mol. The Bertz CT molecular complexity index is 661. The molecular formula is C17H20N2O2. The maximum Gasteiger partial charge on any atom is 0.311 e. The van der Waals surface area contributed by atoms with Crippen LogP contribution in [0.3, 0.4) is 0 Å². The van der Waals surface area contributed by atoms with E-state index in [1.807, 2.05) is 30.3 Å². The van der Waals surface area contributed by atoms with Crippen LogP contribution in [-0.2, 0) is 11.2 Å². The second-order valence-corrected chi connectivity index (χ2v) is 6.11. The summed E-state index contributed by atoms with van der Waals surface area (Å²) in [5, 5.41) is 10.8. The highest BCUT2D eigenvalue weighted by Gasteiger charge is 2.42. The van der Waals surface area contributed by atoms with Gasteiger partial charge in [0.05, 0.1) is 10.9 Å². The van der Waals surface area contributed by atoms with Crippen molar-refractivity contribution >= 4 is 16.9 Å². The molecular weight excluding hydrogens is 264 g/mol. The van der Waals surface area contributed by atoms with E-state index in [4.69, 9.17) is 5.73 Å². The predicted molar refractivity (Wildman–Crippen MR) is 81.9 cm³/mol. The lowest BCUT2D eigenvalue weighted by atomic mass is 9.77. The summed E-state index contributed by atoms with van der Waals surface area (Å²) in [5.74, 6) is -0.266. The third-order valence-corrected chi connectivity index (χ3v) is 4.47. The van der Waals surface area contributed by atoms with Crippen LogP contribution in [0.4, 0.5) is 0 Å². The Hall–Kier alpha value is -1.94. The van der Waals surface area contributed by atoms with Gasteiger partial charge < -0.3 is 10.8 Å². The van der Waals surface area contributed by atoms with Gasteiger partial charge >= 0.3 is 5.97 Å². The molecule has 3 rings (SSSR count). The van der Waals surface area contributed by atoms with E-state index in [0.29, 0.717) is 18.8 Å². The van der Waals surface area contributed by atoms with Crippen LogP contribution in [0.25, 0.3) is 10.9 Å². The van der Waals surface area contributed by atoms with Crippen LogP contribution in [0, 0.1) is 11.3 Å². The number of aromatic nitrogens is 1. The second kappa shape index (κ2) is 5.45. The number of nitrogens with zero attached hydrogens (tertiary/aromatic N) is 1. The van der Waals surface area contributed by atoms with E-state index in [0.717, 1.165) is 29.3 Å². The number of carbonyl (C=O) groups is 1. The summed E-state index contributed by atoms with van der Waals surface area (Å²) in [7, 11) is 0. The Morgan fingerprint density at radius 3 is 2.76 bits per heavy atom. The molecule has 0 spiro atoms. The summed E-state index contributed by atoms with van der Waals surface area (Å²) in [4.78, 5) is 16.3. The Kier molecular flexibility index (Phi) is 3.64. The number of rotatable bonds is 6. The average Bonchev–Trinajstić information content (AvgIpc) is 3.30. The molecule has 110 valence electrons. The molecule has 4 nitrogen and oxygen atoms in total. The quantitative estimate of drug-likeness (QED) is 0.855. The Morgan fingerprint density at radius 1 is 1.33 bits per heavy atom. The molecule has 3 N–H and O–H groups in total. The van der Waals surface area contributed by atoms with Crippen LogP contribution >= 0.6 is 0 Å². The summed E-state index contributed by atoms with van der Waals surface area (Å²) in [6.45, 7) is 0.169. The van der Waals surface area contributed by atoms with E-state index < -0.39 is 11.4 Å². The molecule has 2 aromatic rings. The molecule has 0 amide bonds. The highest BCUT2D eigenvalue weighted by molar-refractivity contribution is 5.83. The molecule has 0 radical (unpaired) electrons. The van der Waals surface area contributed by atoms with Gasteiger partial charge in [0.2, 0.25) is 0 Å². The number of hydrogen-bond donors (Lipinski definition) is 2. The first-order valence-corrected chi connectivity index (χ1v) is 7.41. The van der Waals surface area contributed by atoms with Crippen molar-refractivity contribution in [2.45, 2.75) is 25.7 Å². The number of pyridine rings is 1. The number of aliphatic carboxylic acids is 1. The first kappa shape index (κ1) is 14.0. The topological polar surface area (TPSA) is 76.2 Å². The van der Waals surface area contributed by atoms with Crippen molar-refractivity contribution < 1.29 is 9.90 Å². The van der Waals surface area contributed by atoms with Gasteiger partial charge in [-0.05, 0) is 30.4 Å². The lowest BCUT2D eigenvalue weighted by Gasteiger charge is -2.28. The van der Waals surface area contributed by atoms with Crippen LogP contribution < -0.4 is 5.73 Å². The Morgan fingerprint density at radius 2 is 2.10 bits per heavy atom. The molecule has 1 unspecified atom stereocenters. The fraction of sp³-hybridized carbons (Fsp3) is 0.412. The minimum Gasteiger partial charge on any atom is -0.481 e. The molecule has 0 saturated heterocycles. The molecule has 1 saturated carbocycles. The molecule has 1 fully saturated rings. The summed E-state index contributed by atoms with van der Waals surface area (Å²) in [6.07, 6.45) is 5.12. The van der Waals surface area contributed by atoms with Crippen LogP contribution in [0.15, 0.2) is 36.5 Å². The summed E-state index contributed by atoms with van der Waals surface area (Å²) >= 11 is 0. The van der Waals surface area contributed by atoms with E-state index in [1.165, 1.54) is 0 Å². The number of para-hydroxylation sites is 1. The maximum absolute atomic E-state index is 11.9. The number of carboxylic acid groups (broad SMARTS) is 1. The normalized spacial score (nSPS) is 17.6. The zero-order valence-corrected chi connectivity index (χ0v) is 12.0. The number of nitrogens with two attached hydrogens (primary N) is 1. The zero-order valence-electron chi connectivity index (χ0n) is 12.0. The molecule has 1 aliphatic carbocycles. The van der Waals surface area contributed by atoms with Crippen molar-refractivity contribution in [3.8, 4) is 0 Å². The fourth-order valence-corrected chi connectivity index (χ4v) is 3.03. The first-order chi connectivity index (χ1) is 10.1. The number of hydrogen-bond acceptors (Lipinski definition) is 3. The van der Waals surface area contributed by atoms with Crippen molar-refractivity contribution in [3.05, 3.63) is 42.1 Å². The van der Waals surface area contributed by atoms with Gasteiger partial charge in [-0.2, -0.15) is 0 Å². The van der Waals surface area contributed by atoms with E-state index in [2.05, 4.69) is 4.98 Å². The van der Waals surface area contributed by atoms with Crippen molar-refractivity contribution in [1.29, 1.82) is 0 Å². The van der Waals surface area contributed by atoms with Gasteiger partial charge in [0.1, 0.15) is 0 Å². The molecule has 1 atom stereocenters. The van der Waals surface area contributed by atoms with E-state index in [-0.39, 0.29) is 6.54 Å². The van der Waals surface area contributed by atoms with Gasteiger partial charge in [0, 0.05) is 18.1 Å². The van der Waals surface area contributed by atoms with Crippen molar-refractivity contribution in [1.82, 2.24) is 4.98 Å². The smallest absolute Gasteiger partial charge is 0.311 e. The van der Waals surface area contributed by atoms with Gasteiger partial charge in [-0.3, -0.25) is 9.78 Å². The van der Waals surface area contributed by atoms with Crippen LogP contribution in [-0.4, -0.2) is 22.6 Å². The lowest BCUT2D eigenvalue weighted by Crippen LogP contribution is -2.41. The van der Waals surface area contributed by atoms with Gasteiger partial charge in [0.15, 0.2) is 0 Å². The van der Waals surface area contributed by atoms with E-state index in [1.54, 1.807) is 6.20 Å². The maximum atomic E-state index is 11.9. The predicted octanol–water partition coefficient (Wildman–Crippen LogP) is 2.61. The van der Waals surface area contributed by atoms with Crippen molar-refractivity contribution in [3.63, 3.8) is 0 Å². The van der Waals surface area contributed by atoms with Crippen LogP contribution in [0.2, 0.25) is 0 Å². The van der Waals surface area contributed by atoms with E-state index >= 15 is 0 Å². The number of carboxylic acids is 1. The molecule has 1 aliphatic rings. The Labute approximate surface area is 124 Å². The largest absolute Gasteiger partial charge is 0.481 e. The van der Waals surface area contributed by atoms with Crippen molar-refractivity contribution in [2.24, 2.45) is 17.1 Å². The third kappa shape index (κ3) is 2.76. The summed E-state index contributed by atoms with van der Waals surface area (Å²) < 4.78 is 0. The van der Waals surface area contributed by atoms with E-state index in [9.17, 15) is 9.90 Å². The standard InChI is InChI=1S/C17H20N2O2/c18-11-17(16(20)21,9-12-6-7-12)10-14-4-1-3-13-5-2-8-19-15(13)14/h1-5,8,12H,6-7,9-11,18H2,(H,20,21). The minimum absolute atomic E-state index is 0.169. The monoisotopic (exact) mass is 284 g/mol. The van der Waals surface area contributed by atoms with Gasteiger partial charge in [0.25, 0.3) is 0 Å². The SMILES string of the molecule is NCC(Cc1cccc2cccnc12)(CC1CC1)C(=O)O. The van der Waals surface area contributed by atoms with Gasteiger partial charge in [-0.25, -0.2) is 0 Å². The highest BCUT2D eigenvalue weighted by atomic mass is 16.4. The van der Waals surface area contributed by atoms with Crippen LogP contribution in [0.1, 0.15) is 24.8 Å². The molecule has 4 heteroatoms. The number of benzene rings is 1. The lowest BCUT2D eigenvalue weighted by molar-refractivity contribution is -0.149. The summed E-state index contributed by atoms with van der Waals surface area (Å²) in [6, 6.07) is 9.81. The van der Waals surface area contributed by atoms with Crippen LogP contribution in [0.5, 0.6) is 0 Å². The number of fused-ring (bicyclic) bond motifs is 1. The molecule has 1 aromatic carbocycles. The zero-order chi connectivity index (χ0) is 14.9. The van der Waals surface area contributed by atoms with Gasteiger partial charge in [-0.15, -0.1) is 0 Å². The summed E-state index contributed by atoms with van der Waals surface area (Å²) in [5.41, 5.74) is 6.87. The molecule has 1 aromatic heterocycles. The van der Waals surface area contributed by atoms with Crippen molar-refractivity contribution in [2.75, 3.05) is 6.54 Å². The molecule has 1 heterocycles. The second-order valence-electron chi connectivity index (χ2n) is 6.11. The first-order valence-electron chi connectivity index (χ1n) is 7.41.